The number of alkyl halides is 2. The second-order valence-corrected chi connectivity index (χ2v) is 4.75. The van der Waals surface area contributed by atoms with E-state index in [1.807, 2.05) is 6.92 Å². The molecule has 1 rings (SSSR count). The zero-order chi connectivity index (χ0) is 15.8. The molecular weight excluding hydrogens is 280 g/mol. The van der Waals surface area contributed by atoms with Crippen molar-refractivity contribution in [2.75, 3.05) is 13.2 Å². The molecular formula is C15H23F2NO3. The van der Waals surface area contributed by atoms with Gasteiger partial charge in [-0.05, 0) is 37.6 Å². The third-order valence-corrected chi connectivity index (χ3v) is 3.23. The van der Waals surface area contributed by atoms with Crippen LogP contribution >= 0.6 is 0 Å². The van der Waals surface area contributed by atoms with Crippen LogP contribution in [0.1, 0.15) is 38.4 Å². The Morgan fingerprint density at radius 2 is 1.95 bits per heavy atom. The van der Waals surface area contributed by atoms with Gasteiger partial charge in [0.1, 0.15) is 0 Å². The Morgan fingerprint density at radius 1 is 1.24 bits per heavy atom. The molecule has 0 aliphatic carbocycles. The fourth-order valence-corrected chi connectivity index (χ4v) is 2.22. The summed E-state index contributed by atoms with van der Waals surface area (Å²) in [7, 11) is 0. The minimum absolute atomic E-state index is 0.0393. The quantitative estimate of drug-likeness (QED) is 0.736. The highest BCUT2D eigenvalue weighted by atomic mass is 19.3. The molecule has 0 saturated carbocycles. The van der Waals surface area contributed by atoms with E-state index in [1.165, 1.54) is 12.1 Å². The van der Waals surface area contributed by atoms with Crippen molar-refractivity contribution in [3.05, 3.63) is 23.8 Å². The molecule has 3 N–H and O–H groups in total. The molecule has 0 bridgehead atoms. The predicted octanol–water partition coefficient (Wildman–Crippen LogP) is 3.10. The molecule has 2 unspecified atom stereocenters. The van der Waals surface area contributed by atoms with Gasteiger partial charge in [-0.2, -0.15) is 8.78 Å². The van der Waals surface area contributed by atoms with Crippen molar-refractivity contribution in [1.82, 2.24) is 0 Å². The van der Waals surface area contributed by atoms with Crippen LogP contribution in [0.4, 0.5) is 8.78 Å². The van der Waals surface area contributed by atoms with E-state index in [4.69, 9.17) is 10.5 Å². The molecule has 1 aromatic rings. The molecule has 6 heteroatoms. The fourth-order valence-electron chi connectivity index (χ4n) is 2.22. The molecule has 0 radical (unpaired) electrons. The predicted molar refractivity (Wildman–Crippen MR) is 76.7 cm³/mol. The van der Waals surface area contributed by atoms with Gasteiger partial charge in [0.05, 0.1) is 12.7 Å². The Kier molecular flexibility index (Phi) is 7.39. The highest BCUT2D eigenvalue weighted by molar-refractivity contribution is 5.43. The standard InChI is InChI=1S/C15H23F2NO3/c1-3-5-11(9-18)14(19)10-6-7-12(21-15(16)17)13(8-10)20-4-2/h6-8,11,14-15,19H,3-5,9,18H2,1-2H3. The highest BCUT2D eigenvalue weighted by Gasteiger charge is 2.21. The van der Waals surface area contributed by atoms with Gasteiger partial charge in [0.2, 0.25) is 0 Å². The van der Waals surface area contributed by atoms with Crippen molar-refractivity contribution in [3.63, 3.8) is 0 Å². The van der Waals surface area contributed by atoms with Crippen LogP contribution < -0.4 is 15.2 Å². The summed E-state index contributed by atoms with van der Waals surface area (Å²) in [5, 5.41) is 10.4. The Hall–Kier alpha value is -1.40. The Labute approximate surface area is 123 Å². The topological polar surface area (TPSA) is 64.7 Å². The van der Waals surface area contributed by atoms with Crippen LogP contribution in [0.3, 0.4) is 0 Å². The molecule has 0 saturated heterocycles. The maximum absolute atomic E-state index is 12.3. The third-order valence-electron chi connectivity index (χ3n) is 3.23. The maximum atomic E-state index is 12.3. The van der Waals surface area contributed by atoms with Crippen LogP contribution in [0.25, 0.3) is 0 Å². The lowest BCUT2D eigenvalue weighted by atomic mass is 9.92. The van der Waals surface area contributed by atoms with Crippen molar-refractivity contribution >= 4 is 0 Å². The molecule has 0 spiro atoms. The molecule has 0 aromatic heterocycles. The lowest BCUT2D eigenvalue weighted by Gasteiger charge is -2.22. The summed E-state index contributed by atoms with van der Waals surface area (Å²) in [6.07, 6.45) is 0.940. The van der Waals surface area contributed by atoms with E-state index >= 15 is 0 Å². The smallest absolute Gasteiger partial charge is 0.387 e. The largest absolute Gasteiger partial charge is 0.490 e. The van der Waals surface area contributed by atoms with Gasteiger partial charge in [0, 0.05) is 5.92 Å². The molecule has 1 aromatic carbocycles. The summed E-state index contributed by atoms with van der Waals surface area (Å²) in [6, 6.07) is 4.47. The molecule has 4 nitrogen and oxygen atoms in total. The van der Waals surface area contributed by atoms with Crippen molar-refractivity contribution in [3.8, 4) is 11.5 Å². The van der Waals surface area contributed by atoms with Gasteiger partial charge in [-0.3, -0.25) is 0 Å². The average Bonchev–Trinajstić information content (AvgIpc) is 2.45. The monoisotopic (exact) mass is 303 g/mol. The van der Waals surface area contributed by atoms with E-state index in [1.54, 1.807) is 13.0 Å². The molecule has 2 atom stereocenters. The number of halogens is 2. The number of nitrogens with two attached hydrogens (primary N) is 1. The lowest BCUT2D eigenvalue weighted by molar-refractivity contribution is -0.0514. The Bertz CT molecular complexity index is 429. The minimum Gasteiger partial charge on any atom is -0.490 e. The van der Waals surface area contributed by atoms with Gasteiger partial charge in [-0.25, -0.2) is 0 Å². The van der Waals surface area contributed by atoms with Crippen molar-refractivity contribution < 1.29 is 23.4 Å². The molecule has 21 heavy (non-hydrogen) atoms. The van der Waals surface area contributed by atoms with Crippen LogP contribution in [-0.4, -0.2) is 24.9 Å². The van der Waals surface area contributed by atoms with Gasteiger partial charge in [-0.1, -0.05) is 19.4 Å². The van der Waals surface area contributed by atoms with Crippen molar-refractivity contribution in [2.24, 2.45) is 11.7 Å². The zero-order valence-corrected chi connectivity index (χ0v) is 12.4. The summed E-state index contributed by atoms with van der Waals surface area (Å²) in [5.41, 5.74) is 6.26. The first-order valence-corrected chi connectivity index (χ1v) is 7.13. The summed E-state index contributed by atoms with van der Waals surface area (Å²) >= 11 is 0. The first-order valence-electron chi connectivity index (χ1n) is 7.13. The zero-order valence-electron chi connectivity index (χ0n) is 12.4. The van der Waals surface area contributed by atoms with Crippen molar-refractivity contribution in [1.29, 1.82) is 0 Å². The van der Waals surface area contributed by atoms with Crippen LogP contribution in [0.5, 0.6) is 11.5 Å². The Morgan fingerprint density at radius 3 is 2.48 bits per heavy atom. The summed E-state index contributed by atoms with van der Waals surface area (Å²) in [6.45, 7) is 1.51. The fraction of sp³-hybridized carbons (Fsp3) is 0.600. The summed E-state index contributed by atoms with van der Waals surface area (Å²) in [5.74, 6) is 0.0792. The van der Waals surface area contributed by atoms with Crippen LogP contribution in [0, 0.1) is 5.92 Å². The SMILES string of the molecule is CCCC(CN)C(O)c1ccc(OC(F)F)c(OCC)c1. The summed E-state index contributed by atoms with van der Waals surface area (Å²) < 4.78 is 34.4. The first kappa shape index (κ1) is 17.7. The Balaban J connectivity index is 3.00. The molecule has 0 heterocycles. The normalized spacial score (nSPS) is 14.0. The van der Waals surface area contributed by atoms with E-state index in [2.05, 4.69) is 4.74 Å². The van der Waals surface area contributed by atoms with E-state index < -0.39 is 12.7 Å². The molecule has 120 valence electrons. The highest BCUT2D eigenvalue weighted by Crippen LogP contribution is 2.34. The number of hydrogen-bond donors (Lipinski definition) is 2. The molecule has 0 aliphatic heterocycles. The number of hydrogen-bond acceptors (Lipinski definition) is 4. The van der Waals surface area contributed by atoms with Crippen LogP contribution in [0.2, 0.25) is 0 Å². The van der Waals surface area contributed by atoms with E-state index in [0.29, 0.717) is 18.7 Å². The molecule has 0 aliphatic rings. The van der Waals surface area contributed by atoms with Gasteiger partial charge in [-0.15, -0.1) is 0 Å². The van der Waals surface area contributed by atoms with Crippen molar-refractivity contribution in [2.45, 2.75) is 39.4 Å². The van der Waals surface area contributed by atoms with Gasteiger partial charge >= 0.3 is 6.61 Å². The number of rotatable bonds is 9. The minimum atomic E-state index is -2.92. The number of benzene rings is 1. The van der Waals surface area contributed by atoms with E-state index in [-0.39, 0.29) is 17.4 Å². The first-order chi connectivity index (χ1) is 10.0. The number of aliphatic hydroxyl groups excluding tert-OH is 1. The van der Waals surface area contributed by atoms with E-state index in [0.717, 1.165) is 12.8 Å². The second-order valence-electron chi connectivity index (χ2n) is 4.75. The number of ether oxygens (including phenoxy) is 2. The van der Waals surface area contributed by atoms with Gasteiger partial charge in [0.25, 0.3) is 0 Å². The van der Waals surface area contributed by atoms with E-state index in [9.17, 15) is 13.9 Å². The maximum Gasteiger partial charge on any atom is 0.387 e. The second kappa shape index (κ2) is 8.79. The van der Waals surface area contributed by atoms with Crippen LogP contribution in [-0.2, 0) is 0 Å². The summed E-state index contributed by atoms with van der Waals surface area (Å²) in [4.78, 5) is 0. The third kappa shape index (κ3) is 5.13. The lowest BCUT2D eigenvalue weighted by Crippen LogP contribution is -2.22. The van der Waals surface area contributed by atoms with Gasteiger partial charge in [0.15, 0.2) is 11.5 Å². The molecule has 0 amide bonds. The number of aliphatic hydroxyl groups is 1. The molecule has 0 fully saturated rings. The average molecular weight is 303 g/mol. The van der Waals surface area contributed by atoms with Crippen LogP contribution in [0.15, 0.2) is 18.2 Å². The van der Waals surface area contributed by atoms with Gasteiger partial charge < -0.3 is 20.3 Å².